The van der Waals surface area contributed by atoms with Crippen molar-refractivity contribution in [3.05, 3.63) is 24.3 Å². The zero-order chi connectivity index (χ0) is 17.5. The molecule has 1 aliphatic heterocycles. The fourth-order valence-corrected chi connectivity index (χ4v) is 6.30. The second kappa shape index (κ2) is 6.12. The van der Waals surface area contributed by atoms with E-state index in [0.717, 1.165) is 30.0 Å². The van der Waals surface area contributed by atoms with Crippen molar-refractivity contribution in [3.63, 3.8) is 0 Å². The van der Waals surface area contributed by atoms with Crippen LogP contribution in [0.15, 0.2) is 29.2 Å². The summed E-state index contributed by atoms with van der Waals surface area (Å²) in [5.74, 6) is -1.31. The molecule has 1 heterocycles. The number of sulfonamides is 2. The molecule has 9 heteroatoms. The third-order valence-corrected chi connectivity index (χ3v) is 7.82. The van der Waals surface area contributed by atoms with Gasteiger partial charge in [-0.3, -0.25) is 4.79 Å². The molecule has 3 rings (SSSR count). The molecule has 2 aliphatic rings. The zero-order valence-corrected chi connectivity index (χ0v) is 14.9. The third kappa shape index (κ3) is 3.20. The molecule has 0 bridgehead atoms. The normalized spacial score (nSPS) is 24.6. The van der Waals surface area contributed by atoms with E-state index >= 15 is 0 Å². The highest BCUT2D eigenvalue weighted by atomic mass is 32.2. The summed E-state index contributed by atoms with van der Waals surface area (Å²) in [6.45, 7) is 1.56. The number of nitrogens with zero attached hydrogens (tertiary/aromatic N) is 1. The Morgan fingerprint density at radius 3 is 2.21 bits per heavy atom. The van der Waals surface area contributed by atoms with Crippen LogP contribution in [0.4, 0.5) is 5.69 Å². The number of anilines is 1. The van der Waals surface area contributed by atoms with Crippen LogP contribution in [0.25, 0.3) is 0 Å². The second-order valence-corrected chi connectivity index (χ2v) is 9.96. The zero-order valence-electron chi connectivity index (χ0n) is 13.3. The topological polar surface area (TPSA) is 101 Å². The summed E-state index contributed by atoms with van der Waals surface area (Å²) >= 11 is 0. The molecule has 0 aromatic heterocycles. The summed E-state index contributed by atoms with van der Waals surface area (Å²) in [6.07, 6.45) is 3.68. The highest BCUT2D eigenvalue weighted by Gasteiger charge is 2.42. The highest BCUT2D eigenvalue weighted by Crippen LogP contribution is 2.29. The molecule has 7 nitrogen and oxygen atoms in total. The summed E-state index contributed by atoms with van der Waals surface area (Å²) in [5.41, 5.74) is 0.171. The standard InChI is InChI=1S/C15H20N2O5S2/c1-11-10-23(19,20)17(15(11)18)13-6-8-14(9-7-13)24(21,22)16-12-4-2-3-5-12/h6-9,11-12,16H,2-5,10H2,1H3/t11-/m1/s1. The molecular formula is C15H20N2O5S2. The lowest BCUT2D eigenvalue weighted by atomic mass is 10.2. The average Bonchev–Trinajstić information content (AvgIpc) is 3.05. The number of nitrogens with one attached hydrogen (secondary N) is 1. The van der Waals surface area contributed by atoms with Crippen molar-refractivity contribution in [2.75, 3.05) is 10.1 Å². The van der Waals surface area contributed by atoms with Crippen LogP contribution in [0.5, 0.6) is 0 Å². The maximum Gasteiger partial charge on any atom is 0.244 e. The molecule has 132 valence electrons. The molecule has 1 saturated heterocycles. The fraction of sp³-hybridized carbons (Fsp3) is 0.533. The molecule has 24 heavy (non-hydrogen) atoms. The van der Waals surface area contributed by atoms with E-state index in [-0.39, 0.29) is 22.4 Å². The van der Waals surface area contributed by atoms with Crippen LogP contribution in [0.2, 0.25) is 0 Å². The summed E-state index contributed by atoms with van der Waals surface area (Å²) in [5, 5.41) is 0. The van der Waals surface area contributed by atoms with Gasteiger partial charge in [-0.05, 0) is 37.1 Å². The first-order valence-electron chi connectivity index (χ1n) is 7.90. The Bertz CT molecular complexity index is 840. The Labute approximate surface area is 142 Å². The Balaban J connectivity index is 1.84. The molecule has 1 amide bonds. The molecule has 1 aromatic carbocycles. The second-order valence-electron chi connectivity index (χ2n) is 6.38. The lowest BCUT2D eigenvalue weighted by molar-refractivity contribution is -0.119. The van der Waals surface area contributed by atoms with E-state index in [1.54, 1.807) is 6.92 Å². The van der Waals surface area contributed by atoms with Gasteiger partial charge in [-0.15, -0.1) is 0 Å². The minimum Gasteiger partial charge on any atom is -0.273 e. The first-order valence-corrected chi connectivity index (χ1v) is 11.0. The van der Waals surface area contributed by atoms with Gasteiger partial charge >= 0.3 is 0 Å². The van der Waals surface area contributed by atoms with Gasteiger partial charge in [-0.25, -0.2) is 25.9 Å². The van der Waals surface area contributed by atoms with E-state index in [4.69, 9.17) is 0 Å². The number of hydrogen-bond acceptors (Lipinski definition) is 5. The first kappa shape index (κ1) is 17.4. The predicted octanol–water partition coefficient (Wildman–Crippen LogP) is 1.22. The van der Waals surface area contributed by atoms with Crippen molar-refractivity contribution in [1.29, 1.82) is 0 Å². The Morgan fingerprint density at radius 1 is 1.12 bits per heavy atom. The number of hydrogen-bond donors (Lipinski definition) is 1. The Hall–Kier alpha value is -1.45. The maximum atomic E-state index is 12.4. The number of amides is 1. The van der Waals surface area contributed by atoms with Gasteiger partial charge in [0.15, 0.2) is 0 Å². The smallest absolute Gasteiger partial charge is 0.244 e. The van der Waals surface area contributed by atoms with E-state index in [2.05, 4.69) is 4.72 Å². The number of benzene rings is 1. The van der Waals surface area contributed by atoms with Gasteiger partial charge in [0.25, 0.3) is 0 Å². The van der Waals surface area contributed by atoms with Gasteiger partial charge in [0.05, 0.1) is 22.3 Å². The predicted molar refractivity (Wildman–Crippen MR) is 89.5 cm³/mol. The van der Waals surface area contributed by atoms with Crippen LogP contribution in [-0.2, 0) is 24.8 Å². The quantitative estimate of drug-likeness (QED) is 0.856. The minimum absolute atomic E-state index is 0.0453. The fourth-order valence-electron chi connectivity index (χ4n) is 3.18. The maximum absolute atomic E-state index is 12.4. The number of rotatable bonds is 4. The van der Waals surface area contributed by atoms with Crippen LogP contribution in [0.3, 0.4) is 0 Å². The Kier molecular flexibility index (Phi) is 4.43. The van der Waals surface area contributed by atoms with Crippen LogP contribution in [0.1, 0.15) is 32.6 Å². The van der Waals surface area contributed by atoms with Gasteiger partial charge in [0.2, 0.25) is 26.0 Å². The molecule has 1 aliphatic carbocycles. The van der Waals surface area contributed by atoms with E-state index in [9.17, 15) is 21.6 Å². The molecule has 0 radical (unpaired) electrons. The summed E-state index contributed by atoms with van der Waals surface area (Å²) in [4.78, 5) is 12.1. The van der Waals surface area contributed by atoms with Crippen LogP contribution in [0, 0.1) is 5.92 Å². The Morgan fingerprint density at radius 2 is 1.71 bits per heavy atom. The summed E-state index contributed by atoms with van der Waals surface area (Å²) in [7, 11) is -7.33. The van der Waals surface area contributed by atoms with Crippen LogP contribution < -0.4 is 9.03 Å². The molecule has 2 fully saturated rings. The number of carbonyl (C=O) groups excluding carboxylic acids is 1. The van der Waals surface area contributed by atoms with Crippen LogP contribution in [-0.4, -0.2) is 34.5 Å². The van der Waals surface area contributed by atoms with Gasteiger partial charge in [0, 0.05) is 6.04 Å². The molecule has 0 unspecified atom stereocenters. The SMILES string of the molecule is C[C@@H]1CS(=O)(=O)N(c2ccc(S(=O)(=O)NC3CCCC3)cc2)C1=O. The molecule has 1 N–H and O–H groups in total. The van der Waals surface area contributed by atoms with Crippen molar-refractivity contribution < 1.29 is 21.6 Å². The molecule has 1 saturated carbocycles. The molecule has 0 spiro atoms. The van der Waals surface area contributed by atoms with Gasteiger partial charge < -0.3 is 0 Å². The summed E-state index contributed by atoms with van der Waals surface area (Å²) in [6, 6.07) is 5.33. The van der Waals surface area contributed by atoms with Crippen molar-refractivity contribution in [1.82, 2.24) is 4.72 Å². The van der Waals surface area contributed by atoms with Gasteiger partial charge in [0.1, 0.15) is 0 Å². The molecule has 1 atom stereocenters. The largest absolute Gasteiger partial charge is 0.273 e. The average molecular weight is 372 g/mol. The third-order valence-electron chi connectivity index (χ3n) is 4.42. The van der Waals surface area contributed by atoms with E-state index in [1.165, 1.54) is 24.3 Å². The van der Waals surface area contributed by atoms with E-state index < -0.39 is 31.9 Å². The van der Waals surface area contributed by atoms with Crippen molar-refractivity contribution in [3.8, 4) is 0 Å². The van der Waals surface area contributed by atoms with Gasteiger partial charge in [-0.1, -0.05) is 19.8 Å². The lowest BCUT2D eigenvalue weighted by Gasteiger charge is -2.16. The monoisotopic (exact) mass is 372 g/mol. The van der Waals surface area contributed by atoms with Gasteiger partial charge in [-0.2, -0.15) is 0 Å². The highest BCUT2D eigenvalue weighted by molar-refractivity contribution is 7.94. The van der Waals surface area contributed by atoms with Crippen molar-refractivity contribution >= 4 is 31.6 Å². The first-order chi connectivity index (χ1) is 11.2. The van der Waals surface area contributed by atoms with Crippen molar-refractivity contribution in [2.24, 2.45) is 5.92 Å². The number of carbonyl (C=O) groups is 1. The summed E-state index contributed by atoms with van der Waals surface area (Å²) < 4.78 is 52.3. The van der Waals surface area contributed by atoms with Crippen molar-refractivity contribution in [2.45, 2.75) is 43.5 Å². The lowest BCUT2D eigenvalue weighted by Crippen LogP contribution is -2.33. The molecule has 1 aromatic rings. The van der Waals surface area contributed by atoms with Crippen LogP contribution >= 0.6 is 0 Å². The minimum atomic E-state index is -3.69. The van der Waals surface area contributed by atoms with E-state index in [1.807, 2.05) is 0 Å². The molecular weight excluding hydrogens is 352 g/mol. The van der Waals surface area contributed by atoms with E-state index in [0.29, 0.717) is 0 Å².